The molecule has 0 fully saturated rings. The van der Waals surface area contributed by atoms with Crippen LogP contribution in [0.5, 0.6) is 0 Å². The van der Waals surface area contributed by atoms with Crippen molar-refractivity contribution in [3.63, 3.8) is 0 Å². The highest BCUT2D eigenvalue weighted by atomic mass is 19.4. The van der Waals surface area contributed by atoms with Crippen LogP contribution >= 0.6 is 0 Å². The van der Waals surface area contributed by atoms with Gasteiger partial charge in [-0.25, -0.2) is 5.84 Å². The molecule has 1 amide bonds. The van der Waals surface area contributed by atoms with Crippen molar-refractivity contribution >= 4 is 5.91 Å². The number of hydrogen-bond donors (Lipinski definition) is 2. The third-order valence-electron chi connectivity index (χ3n) is 1.54. The molecule has 0 radical (unpaired) electrons. The highest BCUT2D eigenvalue weighted by Crippen LogP contribution is 2.22. The summed E-state index contributed by atoms with van der Waals surface area (Å²) < 4.78 is 40.1. The number of carbonyl (C=O) groups excluding carboxylic acids is 1. The van der Waals surface area contributed by atoms with Gasteiger partial charge in [0.1, 0.15) is 0 Å². The number of rotatable bonds is 5. The monoisotopic (exact) mass is 214 g/mol. The summed E-state index contributed by atoms with van der Waals surface area (Å²) >= 11 is 0. The quantitative estimate of drug-likeness (QED) is 0.307. The average molecular weight is 214 g/mol. The third-order valence-corrected chi connectivity index (χ3v) is 1.54. The minimum Gasteiger partial charge on any atom is -0.369 e. The summed E-state index contributed by atoms with van der Waals surface area (Å²) in [7, 11) is 0. The van der Waals surface area contributed by atoms with E-state index in [9.17, 15) is 18.0 Å². The maximum atomic E-state index is 11.9. The summed E-state index contributed by atoms with van der Waals surface area (Å²) in [6.45, 7) is 0.803. The van der Waals surface area contributed by atoms with Gasteiger partial charge in [0.2, 0.25) is 5.91 Å². The highest BCUT2D eigenvalue weighted by molar-refractivity contribution is 5.75. The maximum Gasteiger partial charge on any atom is 0.414 e. The van der Waals surface area contributed by atoms with Gasteiger partial charge in [-0.15, -0.1) is 0 Å². The fourth-order valence-corrected chi connectivity index (χ4v) is 0.659. The van der Waals surface area contributed by atoms with Crippen molar-refractivity contribution in [2.75, 3.05) is 6.61 Å². The fourth-order valence-electron chi connectivity index (χ4n) is 0.659. The molecule has 0 aliphatic rings. The van der Waals surface area contributed by atoms with Crippen LogP contribution in [-0.4, -0.2) is 24.8 Å². The molecule has 0 aliphatic carbocycles. The zero-order valence-electron chi connectivity index (χ0n) is 7.73. The van der Waals surface area contributed by atoms with E-state index in [0.29, 0.717) is 0 Å². The Hall–Kier alpha value is -0.820. The number of halogens is 3. The number of nitrogens with one attached hydrogen (secondary N) is 1. The summed E-state index contributed by atoms with van der Waals surface area (Å²) in [6, 6.07) is 0. The van der Waals surface area contributed by atoms with Crippen LogP contribution in [0.25, 0.3) is 0 Å². The number of ether oxygens (including phenoxy) is 1. The van der Waals surface area contributed by atoms with E-state index in [1.54, 1.807) is 0 Å². The fraction of sp³-hybridized carbons (Fsp3) is 0.857. The standard InChI is InChI=1S/C7H13F3N2O2/c1-5(7(8,9)10)14-4-2-3-6(13)12-11/h5H,2-4,11H2,1H3,(H,12,13). The van der Waals surface area contributed by atoms with Crippen molar-refractivity contribution < 1.29 is 22.7 Å². The van der Waals surface area contributed by atoms with E-state index in [1.807, 2.05) is 5.43 Å². The SMILES string of the molecule is CC(OCCCC(=O)NN)C(F)(F)F. The zero-order chi connectivity index (χ0) is 11.2. The van der Waals surface area contributed by atoms with Crippen molar-refractivity contribution in [3.05, 3.63) is 0 Å². The molecule has 0 aromatic rings. The molecule has 0 saturated heterocycles. The van der Waals surface area contributed by atoms with E-state index in [2.05, 4.69) is 4.74 Å². The first-order valence-corrected chi connectivity index (χ1v) is 4.05. The molecular weight excluding hydrogens is 201 g/mol. The molecule has 3 N–H and O–H groups in total. The molecule has 4 nitrogen and oxygen atoms in total. The lowest BCUT2D eigenvalue weighted by Crippen LogP contribution is -2.31. The normalized spacial score (nSPS) is 13.8. The van der Waals surface area contributed by atoms with Gasteiger partial charge in [0.15, 0.2) is 6.10 Å². The van der Waals surface area contributed by atoms with Crippen molar-refractivity contribution in [2.24, 2.45) is 5.84 Å². The summed E-state index contributed by atoms with van der Waals surface area (Å²) in [4.78, 5) is 10.5. The summed E-state index contributed by atoms with van der Waals surface area (Å²) in [5.74, 6) is 4.34. The Morgan fingerprint density at radius 2 is 2.14 bits per heavy atom. The Morgan fingerprint density at radius 3 is 2.57 bits per heavy atom. The smallest absolute Gasteiger partial charge is 0.369 e. The lowest BCUT2D eigenvalue weighted by atomic mass is 10.3. The van der Waals surface area contributed by atoms with Crippen molar-refractivity contribution in [3.8, 4) is 0 Å². The van der Waals surface area contributed by atoms with Gasteiger partial charge in [-0.2, -0.15) is 13.2 Å². The molecule has 1 atom stereocenters. The van der Waals surface area contributed by atoms with E-state index >= 15 is 0 Å². The minimum absolute atomic E-state index is 0.0566. The molecule has 0 saturated carbocycles. The van der Waals surface area contributed by atoms with Crippen LogP contribution in [0.3, 0.4) is 0 Å². The topological polar surface area (TPSA) is 64.3 Å². The van der Waals surface area contributed by atoms with Crippen LogP contribution in [0.4, 0.5) is 13.2 Å². The molecule has 0 heterocycles. The first kappa shape index (κ1) is 13.2. The Bertz CT molecular complexity index is 184. The van der Waals surface area contributed by atoms with Gasteiger partial charge in [-0.05, 0) is 13.3 Å². The molecule has 84 valence electrons. The van der Waals surface area contributed by atoms with Crippen molar-refractivity contribution in [1.29, 1.82) is 0 Å². The number of hydrogen-bond acceptors (Lipinski definition) is 3. The number of carbonyl (C=O) groups is 1. The van der Waals surface area contributed by atoms with Gasteiger partial charge in [-0.3, -0.25) is 10.2 Å². The Labute approximate surface area is 79.6 Å². The van der Waals surface area contributed by atoms with E-state index in [0.717, 1.165) is 6.92 Å². The zero-order valence-corrected chi connectivity index (χ0v) is 7.73. The minimum atomic E-state index is -4.35. The number of nitrogens with two attached hydrogens (primary N) is 1. The summed E-state index contributed by atoms with van der Waals surface area (Å²) in [6.07, 6.45) is -5.89. The van der Waals surface area contributed by atoms with Crippen LogP contribution in [0, 0.1) is 0 Å². The van der Waals surface area contributed by atoms with Gasteiger partial charge >= 0.3 is 6.18 Å². The predicted octanol–water partition coefficient (Wildman–Crippen LogP) is 0.724. The Balaban J connectivity index is 3.50. The number of alkyl halides is 3. The largest absolute Gasteiger partial charge is 0.414 e. The molecule has 0 aromatic carbocycles. The number of amides is 1. The Kier molecular flexibility index (Phi) is 5.47. The summed E-state index contributed by atoms with van der Waals surface area (Å²) in [5, 5.41) is 0. The predicted molar refractivity (Wildman–Crippen MR) is 43.0 cm³/mol. The first-order chi connectivity index (χ1) is 6.38. The van der Waals surface area contributed by atoms with Crippen LogP contribution in [-0.2, 0) is 9.53 Å². The lowest BCUT2D eigenvalue weighted by molar-refractivity contribution is -0.214. The van der Waals surface area contributed by atoms with Gasteiger partial charge in [-0.1, -0.05) is 0 Å². The summed E-state index contributed by atoms with van der Waals surface area (Å²) in [5.41, 5.74) is 1.87. The highest BCUT2D eigenvalue weighted by Gasteiger charge is 2.36. The molecule has 7 heteroatoms. The molecule has 14 heavy (non-hydrogen) atoms. The van der Waals surface area contributed by atoms with Gasteiger partial charge in [0.05, 0.1) is 0 Å². The van der Waals surface area contributed by atoms with Crippen LogP contribution in [0.15, 0.2) is 0 Å². The van der Waals surface area contributed by atoms with Crippen LogP contribution < -0.4 is 11.3 Å². The van der Waals surface area contributed by atoms with Crippen molar-refractivity contribution in [1.82, 2.24) is 5.43 Å². The van der Waals surface area contributed by atoms with Crippen LogP contribution in [0.2, 0.25) is 0 Å². The van der Waals surface area contributed by atoms with E-state index in [1.165, 1.54) is 0 Å². The molecule has 1 unspecified atom stereocenters. The molecule has 0 rings (SSSR count). The molecule has 0 aliphatic heterocycles. The Morgan fingerprint density at radius 1 is 1.57 bits per heavy atom. The van der Waals surface area contributed by atoms with Crippen LogP contribution in [0.1, 0.15) is 19.8 Å². The second kappa shape index (κ2) is 5.82. The second-order valence-electron chi connectivity index (χ2n) is 2.73. The molecular formula is C7H13F3N2O2. The number of hydrazine groups is 1. The lowest BCUT2D eigenvalue weighted by Gasteiger charge is -2.15. The van der Waals surface area contributed by atoms with Gasteiger partial charge < -0.3 is 4.74 Å². The third kappa shape index (κ3) is 5.76. The van der Waals surface area contributed by atoms with E-state index < -0.39 is 18.2 Å². The molecule has 0 bridgehead atoms. The average Bonchev–Trinajstić information content (AvgIpc) is 2.09. The molecule has 0 aromatic heterocycles. The first-order valence-electron chi connectivity index (χ1n) is 4.05. The van der Waals surface area contributed by atoms with Crippen molar-refractivity contribution in [2.45, 2.75) is 32.0 Å². The van der Waals surface area contributed by atoms with E-state index in [-0.39, 0.29) is 19.4 Å². The van der Waals surface area contributed by atoms with Gasteiger partial charge in [0, 0.05) is 13.0 Å². The molecule has 0 spiro atoms. The second-order valence-corrected chi connectivity index (χ2v) is 2.73. The van der Waals surface area contributed by atoms with E-state index in [4.69, 9.17) is 5.84 Å². The maximum absolute atomic E-state index is 11.9. The van der Waals surface area contributed by atoms with Gasteiger partial charge in [0.25, 0.3) is 0 Å².